The molecule has 0 spiro atoms. The maximum absolute atomic E-state index is 10.8. The average Bonchev–Trinajstić information content (AvgIpc) is 2.32. The quantitative estimate of drug-likeness (QED) is 0.727. The van der Waals surface area contributed by atoms with Crippen LogP contribution in [0.1, 0.15) is 0 Å². The van der Waals surface area contributed by atoms with Gasteiger partial charge in [0.05, 0.1) is 6.61 Å². The van der Waals surface area contributed by atoms with Gasteiger partial charge in [0.25, 0.3) is 0 Å². The molecule has 1 aliphatic heterocycles. The molecule has 0 fully saturated rings. The van der Waals surface area contributed by atoms with E-state index in [-0.39, 0.29) is 6.61 Å². The molecule has 0 unspecified atom stereocenters. The van der Waals surface area contributed by atoms with Crippen LogP contribution in [0.25, 0.3) is 0 Å². The topological polar surface area (TPSA) is 46.5 Å². The lowest BCUT2D eigenvalue weighted by Crippen LogP contribution is -1.92. The summed E-state index contributed by atoms with van der Waals surface area (Å²) in [5, 5.41) is 8.40. The maximum atomic E-state index is 10.8. The van der Waals surface area contributed by atoms with E-state index in [1.54, 1.807) is 24.3 Å². The lowest BCUT2D eigenvalue weighted by Gasteiger charge is -1.90. The number of allylic oxidation sites excluding steroid dienone is 3. The number of cyclic esters (lactones) is 1. The molecule has 1 aliphatic rings. The molecule has 3 nitrogen and oxygen atoms in total. The summed E-state index contributed by atoms with van der Waals surface area (Å²) in [6.45, 7) is -0.0252. The molecule has 0 aromatic heterocycles. The number of halogens is 1. The highest BCUT2D eigenvalue weighted by molar-refractivity contribution is 9.12. The summed E-state index contributed by atoms with van der Waals surface area (Å²) in [6, 6.07) is 0. The molecule has 0 amide bonds. The van der Waals surface area contributed by atoms with Gasteiger partial charge in [-0.1, -0.05) is 12.2 Å². The first-order valence-corrected chi connectivity index (χ1v) is 4.10. The van der Waals surface area contributed by atoms with Gasteiger partial charge in [0.2, 0.25) is 0 Å². The molecule has 12 heavy (non-hydrogen) atoms. The van der Waals surface area contributed by atoms with Crippen LogP contribution in [0.5, 0.6) is 0 Å². The van der Waals surface area contributed by atoms with Gasteiger partial charge < -0.3 is 9.84 Å². The Labute approximate surface area is 78.2 Å². The van der Waals surface area contributed by atoms with Gasteiger partial charge in [0, 0.05) is 6.08 Å². The first kappa shape index (κ1) is 9.22. The van der Waals surface area contributed by atoms with Crippen molar-refractivity contribution in [1.29, 1.82) is 0 Å². The van der Waals surface area contributed by atoms with Gasteiger partial charge in [-0.3, -0.25) is 0 Å². The second-order valence-electron chi connectivity index (χ2n) is 2.06. The fourth-order valence-corrected chi connectivity index (χ4v) is 0.982. The van der Waals surface area contributed by atoms with Crippen molar-refractivity contribution >= 4 is 21.9 Å². The average molecular weight is 231 g/mol. The molecule has 0 saturated heterocycles. The van der Waals surface area contributed by atoms with E-state index in [0.717, 1.165) is 0 Å². The standard InChI is InChI=1S/C8H7BrO3/c9-7-5-6(12-8(7)11)3-1-2-4-10/h1-3,5,10H,4H2/b2-1+,6-3-. The minimum atomic E-state index is -0.390. The van der Waals surface area contributed by atoms with E-state index in [1.807, 2.05) is 0 Å². The van der Waals surface area contributed by atoms with Crippen LogP contribution >= 0.6 is 15.9 Å². The lowest BCUT2D eigenvalue weighted by molar-refractivity contribution is -0.132. The van der Waals surface area contributed by atoms with Crippen molar-refractivity contribution in [2.75, 3.05) is 6.61 Å². The summed E-state index contributed by atoms with van der Waals surface area (Å²) in [5.74, 6) is 0.0789. The number of hydrogen-bond donors (Lipinski definition) is 1. The number of carbonyl (C=O) groups is 1. The molecular weight excluding hydrogens is 224 g/mol. The third-order valence-electron chi connectivity index (χ3n) is 1.18. The minimum absolute atomic E-state index is 0.0252. The van der Waals surface area contributed by atoms with E-state index in [1.165, 1.54) is 0 Å². The minimum Gasteiger partial charge on any atom is -0.423 e. The molecule has 0 radical (unpaired) electrons. The molecule has 64 valence electrons. The molecule has 0 aromatic carbocycles. The van der Waals surface area contributed by atoms with Crippen molar-refractivity contribution in [1.82, 2.24) is 0 Å². The summed E-state index contributed by atoms with van der Waals surface area (Å²) < 4.78 is 5.18. The second-order valence-corrected chi connectivity index (χ2v) is 2.92. The molecule has 0 aliphatic carbocycles. The summed E-state index contributed by atoms with van der Waals surface area (Å²) in [4.78, 5) is 10.8. The van der Waals surface area contributed by atoms with Crippen LogP contribution in [-0.4, -0.2) is 17.7 Å². The Hall–Kier alpha value is -0.870. The summed E-state index contributed by atoms with van der Waals surface area (Å²) in [6.07, 6.45) is 6.33. The zero-order valence-electron chi connectivity index (χ0n) is 6.16. The number of carbonyl (C=O) groups excluding carboxylic acids is 1. The van der Waals surface area contributed by atoms with Crippen molar-refractivity contribution in [3.8, 4) is 0 Å². The van der Waals surface area contributed by atoms with E-state index >= 15 is 0 Å². The highest BCUT2D eigenvalue weighted by atomic mass is 79.9. The van der Waals surface area contributed by atoms with Crippen molar-refractivity contribution in [2.45, 2.75) is 0 Å². The Kier molecular flexibility index (Phi) is 3.25. The van der Waals surface area contributed by atoms with Gasteiger partial charge >= 0.3 is 5.97 Å². The first-order valence-electron chi connectivity index (χ1n) is 3.31. The predicted octanol–water partition coefficient (Wildman–Crippen LogP) is 1.25. The van der Waals surface area contributed by atoms with E-state index < -0.39 is 5.97 Å². The first-order chi connectivity index (χ1) is 5.74. The highest BCUT2D eigenvalue weighted by Crippen LogP contribution is 2.21. The van der Waals surface area contributed by atoms with Crippen LogP contribution in [0, 0.1) is 0 Å². The van der Waals surface area contributed by atoms with Gasteiger partial charge in [-0.25, -0.2) is 4.79 Å². The molecule has 0 aromatic rings. The summed E-state index contributed by atoms with van der Waals surface area (Å²) in [5.41, 5.74) is 0. The van der Waals surface area contributed by atoms with Crippen molar-refractivity contribution in [3.05, 3.63) is 34.5 Å². The monoisotopic (exact) mass is 230 g/mol. The number of aliphatic hydroxyl groups excluding tert-OH is 1. The van der Waals surface area contributed by atoms with Crippen LogP contribution in [0.4, 0.5) is 0 Å². The van der Waals surface area contributed by atoms with E-state index in [4.69, 9.17) is 9.84 Å². The highest BCUT2D eigenvalue weighted by Gasteiger charge is 2.17. The van der Waals surface area contributed by atoms with Gasteiger partial charge in [0.1, 0.15) is 10.2 Å². The largest absolute Gasteiger partial charge is 0.423 e. The molecule has 1 N–H and O–H groups in total. The summed E-state index contributed by atoms with van der Waals surface area (Å²) in [7, 11) is 0. The van der Waals surface area contributed by atoms with Gasteiger partial charge in [-0.2, -0.15) is 0 Å². The predicted molar refractivity (Wildman–Crippen MR) is 47.4 cm³/mol. The Bertz CT molecular complexity index is 276. The van der Waals surface area contributed by atoms with Crippen molar-refractivity contribution < 1.29 is 14.6 Å². The Morgan fingerprint density at radius 1 is 1.67 bits per heavy atom. The zero-order chi connectivity index (χ0) is 8.97. The number of ether oxygens (including phenoxy) is 1. The van der Waals surface area contributed by atoms with Crippen LogP contribution < -0.4 is 0 Å². The van der Waals surface area contributed by atoms with Crippen LogP contribution in [0.2, 0.25) is 0 Å². The van der Waals surface area contributed by atoms with E-state index in [2.05, 4.69) is 15.9 Å². The number of aliphatic hydroxyl groups is 1. The molecule has 0 bridgehead atoms. The normalized spacial score (nSPS) is 20.3. The molecule has 1 heterocycles. The zero-order valence-corrected chi connectivity index (χ0v) is 7.74. The number of esters is 1. The second kappa shape index (κ2) is 4.23. The van der Waals surface area contributed by atoms with E-state index in [0.29, 0.717) is 10.2 Å². The summed E-state index contributed by atoms with van der Waals surface area (Å²) >= 11 is 3.03. The lowest BCUT2D eigenvalue weighted by atomic mass is 10.4. The number of rotatable bonds is 2. The fraction of sp³-hybridized carbons (Fsp3) is 0.125. The third-order valence-corrected chi connectivity index (χ3v) is 1.73. The Balaban J connectivity index is 2.63. The third kappa shape index (κ3) is 2.32. The molecule has 1 rings (SSSR count). The number of hydrogen-bond acceptors (Lipinski definition) is 3. The Morgan fingerprint density at radius 3 is 2.92 bits per heavy atom. The maximum Gasteiger partial charge on any atom is 0.350 e. The van der Waals surface area contributed by atoms with Crippen molar-refractivity contribution in [2.24, 2.45) is 0 Å². The molecule has 0 saturated carbocycles. The van der Waals surface area contributed by atoms with E-state index in [9.17, 15) is 4.79 Å². The van der Waals surface area contributed by atoms with Gasteiger partial charge in [-0.15, -0.1) is 0 Å². The molecule has 4 heteroatoms. The smallest absolute Gasteiger partial charge is 0.350 e. The van der Waals surface area contributed by atoms with Gasteiger partial charge in [-0.05, 0) is 22.0 Å². The fourth-order valence-electron chi connectivity index (χ4n) is 0.675. The van der Waals surface area contributed by atoms with Crippen LogP contribution in [-0.2, 0) is 9.53 Å². The SMILES string of the molecule is O=C1O/C(=C\C=C\CO)C=C1Br. The van der Waals surface area contributed by atoms with Crippen LogP contribution in [0.3, 0.4) is 0 Å². The van der Waals surface area contributed by atoms with Crippen LogP contribution in [0.15, 0.2) is 34.5 Å². The van der Waals surface area contributed by atoms with Crippen molar-refractivity contribution in [3.63, 3.8) is 0 Å². The molecular formula is C8H7BrO3. The van der Waals surface area contributed by atoms with Gasteiger partial charge in [0.15, 0.2) is 0 Å². The Morgan fingerprint density at radius 2 is 2.42 bits per heavy atom. The molecule has 0 atom stereocenters.